The van der Waals surface area contributed by atoms with Gasteiger partial charge in [0.15, 0.2) is 0 Å². The molecule has 1 saturated heterocycles. The Balaban J connectivity index is 2.49. The molecule has 0 aromatic heterocycles. The van der Waals surface area contributed by atoms with Crippen LogP contribution in [0.3, 0.4) is 0 Å². The molecule has 0 radical (unpaired) electrons. The Labute approximate surface area is 102 Å². The summed E-state index contributed by atoms with van der Waals surface area (Å²) in [7, 11) is 3.45. The van der Waals surface area contributed by atoms with Crippen LogP contribution in [-0.4, -0.2) is 31.6 Å². The van der Waals surface area contributed by atoms with Crippen LogP contribution >= 0.6 is 0 Å². The molecular formula is C14H17NO2. The Morgan fingerprint density at radius 2 is 2.00 bits per heavy atom. The first-order chi connectivity index (χ1) is 8.24. The van der Waals surface area contributed by atoms with Gasteiger partial charge in [0, 0.05) is 19.3 Å². The zero-order chi connectivity index (χ0) is 12.3. The SMILES string of the molecule is COC(=O)/C(=C1\CCCN1C)c1ccccc1. The molecule has 0 bridgehead atoms. The fraction of sp³-hybridized carbons (Fsp3) is 0.357. The van der Waals surface area contributed by atoms with Gasteiger partial charge in [-0.25, -0.2) is 4.79 Å². The van der Waals surface area contributed by atoms with Crippen LogP contribution in [0.4, 0.5) is 0 Å². The Bertz CT molecular complexity index is 437. The first kappa shape index (κ1) is 11.7. The number of methoxy groups -OCH3 is 1. The second-order valence-electron chi connectivity index (χ2n) is 4.20. The van der Waals surface area contributed by atoms with Crippen molar-refractivity contribution in [3.05, 3.63) is 41.6 Å². The zero-order valence-electron chi connectivity index (χ0n) is 10.3. The average molecular weight is 231 g/mol. The van der Waals surface area contributed by atoms with Crippen molar-refractivity contribution in [1.82, 2.24) is 4.90 Å². The molecule has 3 nitrogen and oxygen atoms in total. The van der Waals surface area contributed by atoms with Gasteiger partial charge >= 0.3 is 5.97 Å². The first-order valence-electron chi connectivity index (χ1n) is 5.82. The highest BCUT2D eigenvalue weighted by Crippen LogP contribution is 2.29. The van der Waals surface area contributed by atoms with Crippen molar-refractivity contribution in [2.24, 2.45) is 0 Å². The Hall–Kier alpha value is -1.77. The summed E-state index contributed by atoms with van der Waals surface area (Å²) in [5.41, 5.74) is 2.72. The van der Waals surface area contributed by atoms with Crippen molar-refractivity contribution in [2.45, 2.75) is 12.8 Å². The number of hydrogen-bond acceptors (Lipinski definition) is 3. The molecular weight excluding hydrogens is 214 g/mol. The number of hydrogen-bond donors (Lipinski definition) is 0. The second kappa shape index (κ2) is 5.04. The summed E-state index contributed by atoms with van der Waals surface area (Å²) in [4.78, 5) is 14.1. The molecule has 0 aliphatic carbocycles. The van der Waals surface area contributed by atoms with Crippen LogP contribution in [0.15, 0.2) is 36.0 Å². The van der Waals surface area contributed by atoms with E-state index in [2.05, 4.69) is 4.90 Å². The molecule has 0 unspecified atom stereocenters. The molecule has 1 aromatic rings. The standard InChI is InChI=1S/C14H17NO2/c1-15-10-6-9-12(15)13(14(16)17-2)11-7-4-3-5-8-11/h3-5,7-8H,6,9-10H2,1-2H3/b13-12+. The number of esters is 1. The summed E-state index contributed by atoms with van der Waals surface area (Å²) in [5.74, 6) is -0.250. The summed E-state index contributed by atoms with van der Waals surface area (Å²) in [5, 5.41) is 0. The molecule has 0 atom stereocenters. The Morgan fingerprint density at radius 3 is 2.53 bits per heavy atom. The maximum absolute atomic E-state index is 11.9. The van der Waals surface area contributed by atoms with Crippen LogP contribution in [0.1, 0.15) is 18.4 Å². The quantitative estimate of drug-likeness (QED) is 0.578. The van der Waals surface area contributed by atoms with E-state index in [-0.39, 0.29) is 5.97 Å². The van der Waals surface area contributed by atoms with E-state index in [0.29, 0.717) is 5.57 Å². The topological polar surface area (TPSA) is 29.5 Å². The summed E-state index contributed by atoms with van der Waals surface area (Å²) >= 11 is 0. The van der Waals surface area contributed by atoms with Crippen molar-refractivity contribution < 1.29 is 9.53 Å². The van der Waals surface area contributed by atoms with E-state index in [1.54, 1.807) is 0 Å². The van der Waals surface area contributed by atoms with Crippen molar-refractivity contribution in [3.63, 3.8) is 0 Å². The third-order valence-corrected chi connectivity index (χ3v) is 3.11. The highest BCUT2D eigenvalue weighted by Gasteiger charge is 2.23. The van der Waals surface area contributed by atoms with Crippen LogP contribution in [0.5, 0.6) is 0 Å². The maximum atomic E-state index is 11.9. The lowest BCUT2D eigenvalue weighted by Gasteiger charge is -2.17. The van der Waals surface area contributed by atoms with E-state index in [1.165, 1.54) is 7.11 Å². The number of likely N-dealkylation sites (tertiary alicyclic amines) is 1. The third kappa shape index (κ3) is 2.33. The molecule has 17 heavy (non-hydrogen) atoms. The molecule has 2 rings (SSSR count). The molecule has 3 heteroatoms. The number of nitrogens with zero attached hydrogens (tertiary/aromatic N) is 1. The van der Waals surface area contributed by atoms with Gasteiger partial charge in [0.2, 0.25) is 0 Å². The minimum absolute atomic E-state index is 0.250. The highest BCUT2D eigenvalue weighted by atomic mass is 16.5. The Morgan fingerprint density at radius 1 is 1.29 bits per heavy atom. The minimum atomic E-state index is -0.250. The van der Waals surface area contributed by atoms with Crippen molar-refractivity contribution >= 4 is 11.5 Å². The number of ether oxygens (including phenoxy) is 1. The molecule has 1 aliphatic heterocycles. The van der Waals surface area contributed by atoms with Crippen molar-refractivity contribution in [2.75, 3.05) is 20.7 Å². The Kier molecular flexibility index (Phi) is 3.47. The van der Waals surface area contributed by atoms with E-state index in [4.69, 9.17) is 4.74 Å². The number of carbonyl (C=O) groups is 1. The third-order valence-electron chi connectivity index (χ3n) is 3.11. The second-order valence-corrected chi connectivity index (χ2v) is 4.20. The molecule has 1 heterocycles. The summed E-state index contributed by atoms with van der Waals surface area (Å²) < 4.78 is 4.90. The lowest BCUT2D eigenvalue weighted by molar-refractivity contribution is -0.133. The highest BCUT2D eigenvalue weighted by molar-refractivity contribution is 6.17. The molecule has 0 N–H and O–H groups in total. The van der Waals surface area contributed by atoms with Gasteiger partial charge in [0.1, 0.15) is 0 Å². The summed E-state index contributed by atoms with van der Waals surface area (Å²) in [6, 6.07) is 9.72. The van der Waals surface area contributed by atoms with Gasteiger partial charge in [-0.1, -0.05) is 30.3 Å². The smallest absolute Gasteiger partial charge is 0.340 e. The van der Waals surface area contributed by atoms with E-state index in [0.717, 1.165) is 30.6 Å². The average Bonchev–Trinajstić information content (AvgIpc) is 2.77. The summed E-state index contributed by atoms with van der Waals surface area (Å²) in [6.07, 6.45) is 2.04. The number of allylic oxidation sites excluding steroid dienone is 1. The van der Waals surface area contributed by atoms with Gasteiger partial charge in [0.05, 0.1) is 12.7 Å². The molecule has 0 spiro atoms. The molecule has 90 valence electrons. The zero-order valence-corrected chi connectivity index (χ0v) is 10.3. The van der Waals surface area contributed by atoms with Crippen molar-refractivity contribution in [1.29, 1.82) is 0 Å². The molecule has 1 fully saturated rings. The fourth-order valence-corrected chi connectivity index (χ4v) is 2.23. The lowest BCUT2D eigenvalue weighted by Crippen LogP contribution is -2.16. The predicted octanol–water partition coefficient (Wildman–Crippen LogP) is 2.30. The molecule has 1 aromatic carbocycles. The first-order valence-corrected chi connectivity index (χ1v) is 5.82. The van der Waals surface area contributed by atoms with Gasteiger partial charge in [-0.2, -0.15) is 0 Å². The van der Waals surface area contributed by atoms with Crippen LogP contribution in [-0.2, 0) is 9.53 Å². The van der Waals surface area contributed by atoms with Gasteiger partial charge in [0.25, 0.3) is 0 Å². The summed E-state index contributed by atoms with van der Waals surface area (Å²) in [6.45, 7) is 1.00. The van der Waals surface area contributed by atoms with Crippen LogP contribution in [0.25, 0.3) is 5.57 Å². The van der Waals surface area contributed by atoms with E-state index >= 15 is 0 Å². The normalized spacial score (nSPS) is 18.1. The monoisotopic (exact) mass is 231 g/mol. The van der Waals surface area contributed by atoms with Crippen LogP contribution in [0, 0.1) is 0 Å². The van der Waals surface area contributed by atoms with Gasteiger partial charge in [-0.05, 0) is 18.4 Å². The van der Waals surface area contributed by atoms with E-state index in [9.17, 15) is 4.79 Å². The van der Waals surface area contributed by atoms with E-state index in [1.807, 2.05) is 37.4 Å². The lowest BCUT2D eigenvalue weighted by atomic mass is 10.0. The maximum Gasteiger partial charge on any atom is 0.340 e. The largest absolute Gasteiger partial charge is 0.465 e. The number of carbonyl (C=O) groups excluding carboxylic acids is 1. The molecule has 0 saturated carbocycles. The minimum Gasteiger partial charge on any atom is -0.465 e. The molecule has 0 amide bonds. The van der Waals surface area contributed by atoms with Crippen LogP contribution in [0.2, 0.25) is 0 Å². The number of rotatable bonds is 2. The van der Waals surface area contributed by atoms with Gasteiger partial charge in [-0.3, -0.25) is 0 Å². The van der Waals surface area contributed by atoms with Crippen molar-refractivity contribution in [3.8, 4) is 0 Å². The van der Waals surface area contributed by atoms with E-state index < -0.39 is 0 Å². The van der Waals surface area contributed by atoms with Gasteiger partial charge in [-0.15, -0.1) is 0 Å². The molecule has 1 aliphatic rings. The van der Waals surface area contributed by atoms with Gasteiger partial charge < -0.3 is 9.64 Å². The van der Waals surface area contributed by atoms with Crippen LogP contribution < -0.4 is 0 Å². The fourth-order valence-electron chi connectivity index (χ4n) is 2.23. The predicted molar refractivity (Wildman–Crippen MR) is 67.2 cm³/mol. The number of benzene rings is 1.